The second kappa shape index (κ2) is 6.19. The lowest BCUT2D eigenvalue weighted by atomic mass is 10.2. The van der Waals surface area contributed by atoms with Crippen molar-refractivity contribution in [1.29, 1.82) is 0 Å². The van der Waals surface area contributed by atoms with Crippen LogP contribution in [0.25, 0.3) is 5.65 Å². The van der Waals surface area contributed by atoms with Crippen molar-refractivity contribution in [3.8, 4) is 0 Å². The molecule has 2 aromatic heterocycles. The number of hydrogen-bond acceptors (Lipinski definition) is 4. The molecule has 0 aliphatic heterocycles. The van der Waals surface area contributed by atoms with Gasteiger partial charge in [-0.25, -0.2) is 18.6 Å². The minimum absolute atomic E-state index is 0.123. The Kier molecular flexibility index (Phi) is 4.07. The fourth-order valence-electron chi connectivity index (χ4n) is 2.23. The van der Waals surface area contributed by atoms with Gasteiger partial charge in [-0.2, -0.15) is 0 Å². The molecule has 2 heterocycles. The van der Waals surface area contributed by atoms with Gasteiger partial charge in [0.25, 0.3) is 5.56 Å². The van der Waals surface area contributed by atoms with Gasteiger partial charge in [-0.05, 0) is 36.8 Å². The van der Waals surface area contributed by atoms with E-state index in [4.69, 9.17) is 4.74 Å². The number of ether oxygens (including phenoxy) is 1. The molecule has 122 valence electrons. The summed E-state index contributed by atoms with van der Waals surface area (Å²) in [4.78, 5) is 28.2. The largest absolute Gasteiger partial charge is 0.456 e. The first-order valence-corrected chi connectivity index (χ1v) is 7.06. The van der Waals surface area contributed by atoms with Crippen molar-refractivity contribution in [3.05, 3.63) is 81.4 Å². The summed E-state index contributed by atoms with van der Waals surface area (Å²) in [5.74, 6) is -3.02. The Bertz CT molecular complexity index is 999. The molecule has 0 saturated heterocycles. The van der Waals surface area contributed by atoms with Crippen LogP contribution in [0.2, 0.25) is 0 Å². The summed E-state index contributed by atoms with van der Waals surface area (Å²) < 4.78 is 32.4. The predicted octanol–water partition coefficient (Wildman–Crippen LogP) is 2.64. The van der Waals surface area contributed by atoms with E-state index >= 15 is 0 Å². The number of aryl methyl sites for hydroxylation is 1. The fraction of sp³-hybridized carbons (Fsp3) is 0.118. The Labute approximate surface area is 135 Å². The monoisotopic (exact) mass is 330 g/mol. The number of carbonyl (C=O) groups is 1. The molecule has 0 unspecified atom stereocenters. The number of fused-ring (bicyclic) bond motifs is 1. The van der Waals surface area contributed by atoms with Crippen LogP contribution in [0.4, 0.5) is 8.78 Å². The van der Waals surface area contributed by atoms with E-state index in [1.54, 1.807) is 25.3 Å². The summed E-state index contributed by atoms with van der Waals surface area (Å²) in [6.45, 7) is 1.55. The van der Waals surface area contributed by atoms with Crippen LogP contribution in [0.1, 0.15) is 21.6 Å². The molecule has 0 atom stereocenters. The van der Waals surface area contributed by atoms with Gasteiger partial charge in [0, 0.05) is 12.3 Å². The van der Waals surface area contributed by atoms with E-state index in [-0.39, 0.29) is 23.4 Å². The number of benzene rings is 1. The molecular weight excluding hydrogens is 318 g/mol. The van der Waals surface area contributed by atoms with E-state index in [9.17, 15) is 18.4 Å². The number of carbonyl (C=O) groups excluding carboxylic acids is 1. The molecule has 7 heteroatoms. The highest BCUT2D eigenvalue weighted by molar-refractivity contribution is 5.89. The molecule has 0 aliphatic carbocycles. The van der Waals surface area contributed by atoms with Crippen LogP contribution < -0.4 is 5.56 Å². The third-order valence-electron chi connectivity index (χ3n) is 3.45. The minimum Gasteiger partial charge on any atom is -0.456 e. The van der Waals surface area contributed by atoms with Gasteiger partial charge in [-0.1, -0.05) is 6.07 Å². The molecule has 3 aromatic rings. The highest BCUT2D eigenvalue weighted by Crippen LogP contribution is 2.11. The van der Waals surface area contributed by atoms with Crippen LogP contribution in [0.5, 0.6) is 0 Å². The SMILES string of the molecule is Cc1cccn2c(=O)cc(COC(=O)c3ccc(F)c(F)c3)nc12. The maximum atomic E-state index is 13.1. The van der Waals surface area contributed by atoms with E-state index < -0.39 is 17.6 Å². The molecule has 0 fully saturated rings. The molecule has 0 radical (unpaired) electrons. The molecule has 0 aliphatic rings. The zero-order chi connectivity index (χ0) is 17.3. The van der Waals surface area contributed by atoms with Crippen LogP contribution in [0, 0.1) is 18.6 Å². The van der Waals surface area contributed by atoms with Gasteiger partial charge in [-0.3, -0.25) is 9.20 Å². The summed E-state index contributed by atoms with van der Waals surface area (Å²) in [5, 5.41) is 0. The molecule has 0 bridgehead atoms. The van der Waals surface area contributed by atoms with Crippen LogP contribution in [-0.2, 0) is 11.3 Å². The zero-order valence-electron chi connectivity index (χ0n) is 12.6. The highest BCUT2D eigenvalue weighted by atomic mass is 19.2. The summed E-state index contributed by atoms with van der Waals surface area (Å²) in [7, 11) is 0. The van der Waals surface area contributed by atoms with Crippen LogP contribution in [0.15, 0.2) is 47.4 Å². The molecule has 3 rings (SSSR count). The first-order valence-electron chi connectivity index (χ1n) is 7.06. The van der Waals surface area contributed by atoms with Crippen molar-refractivity contribution in [2.24, 2.45) is 0 Å². The number of nitrogens with zero attached hydrogens (tertiary/aromatic N) is 2. The van der Waals surface area contributed by atoms with E-state index in [0.29, 0.717) is 5.65 Å². The predicted molar refractivity (Wildman–Crippen MR) is 81.7 cm³/mol. The number of esters is 1. The second-order valence-electron chi connectivity index (χ2n) is 5.18. The number of rotatable bonds is 3. The van der Waals surface area contributed by atoms with E-state index in [1.165, 1.54) is 10.5 Å². The number of aromatic nitrogens is 2. The lowest BCUT2D eigenvalue weighted by molar-refractivity contribution is 0.0467. The fourth-order valence-corrected chi connectivity index (χ4v) is 2.23. The van der Waals surface area contributed by atoms with Gasteiger partial charge in [0.15, 0.2) is 11.6 Å². The maximum absolute atomic E-state index is 13.1. The van der Waals surface area contributed by atoms with Gasteiger partial charge < -0.3 is 4.74 Å². The van der Waals surface area contributed by atoms with Crippen molar-refractivity contribution in [2.45, 2.75) is 13.5 Å². The van der Waals surface area contributed by atoms with Gasteiger partial charge in [0.05, 0.1) is 11.3 Å². The van der Waals surface area contributed by atoms with Gasteiger partial charge in [0.2, 0.25) is 0 Å². The average Bonchev–Trinajstić information content (AvgIpc) is 2.56. The van der Waals surface area contributed by atoms with E-state index in [0.717, 1.165) is 23.8 Å². The zero-order valence-corrected chi connectivity index (χ0v) is 12.6. The van der Waals surface area contributed by atoms with Crippen molar-refractivity contribution in [3.63, 3.8) is 0 Å². The van der Waals surface area contributed by atoms with Crippen molar-refractivity contribution >= 4 is 11.6 Å². The normalized spacial score (nSPS) is 10.8. The Morgan fingerprint density at radius 3 is 2.75 bits per heavy atom. The van der Waals surface area contributed by atoms with Crippen molar-refractivity contribution < 1.29 is 18.3 Å². The van der Waals surface area contributed by atoms with E-state index in [2.05, 4.69) is 4.98 Å². The standard InChI is InChI=1S/C17H12F2N2O3/c1-10-3-2-6-21-15(22)8-12(20-16(10)21)9-24-17(23)11-4-5-13(18)14(19)7-11/h2-8H,9H2,1H3. The highest BCUT2D eigenvalue weighted by Gasteiger charge is 2.12. The summed E-state index contributed by atoms with van der Waals surface area (Å²) in [6.07, 6.45) is 1.59. The number of pyridine rings is 1. The Hall–Kier alpha value is -3.09. The minimum atomic E-state index is -1.14. The second-order valence-corrected chi connectivity index (χ2v) is 5.18. The molecule has 0 N–H and O–H groups in total. The first-order chi connectivity index (χ1) is 11.5. The van der Waals surface area contributed by atoms with Crippen LogP contribution in [-0.4, -0.2) is 15.4 Å². The maximum Gasteiger partial charge on any atom is 0.338 e. The third-order valence-corrected chi connectivity index (χ3v) is 3.45. The lowest BCUT2D eigenvalue weighted by Gasteiger charge is -2.07. The molecule has 0 amide bonds. The van der Waals surface area contributed by atoms with Crippen molar-refractivity contribution in [2.75, 3.05) is 0 Å². The van der Waals surface area contributed by atoms with Crippen molar-refractivity contribution in [1.82, 2.24) is 9.38 Å². The van der Waals surface area contributed by atoms with Gasteiger partial charge in [-0.15, -0.1) is 0 Å². The van der Waals surface area contributed by atoms with Gasteiger partial charge in [0.1, 0.15) is 12.3 Å². The molecule has 0 saturated carbocycles. The van der Waals surface area contributed by atoms with Gasteiger partial charge >= 0.3 is 5.97 Å². The summed E-state index contributed by atoms with van der Waals surface area (Å²) in [6, 6.07) is 7.51. The topological polar surface area (TPSA) is 60.7 Å². The quantitative estimate of drug-likeness (QED) is 0.693. The summed E-state index contributed by atoms with van der Waals surface area (Å²) >= 11 is 0. The molecular formula is C17H12F2N2O3. The van der Waals surface area contributed by atoms with E-state index in [1.807, 2.05) is 0 Å². The lowest BCUT2D eigenvalue weighted by Crippen LogP contribution is -2.17. The third kappa shape index (κ3) is 3.01. The molecule has 5 nitrogen and oxygen atoms in total. The Morgan fingerprint density at radius 2 is 2.00 bits per heavy atom. The Morgan fingerprint density at radius 1 is 1.21 bits per heavy atom. The smallest absolute Gasteiger partial charge is 0.338 e. The molecule has 24 heavy (non-hydrogen) atoms. The van der Waals surface area contributed by atoms with Crippen LogP contribution in [0.3, 0.4) is 0 Å². The summed E-state index contributed by atoms with van der Waals surface area (Å²) in [5.41, 5.74) is 1.10. The average molecular weight is 330 g/mol. The molecule has 0 spiro atoms. The number of hydrogen-bond donors (Lipinski definition) is 0. The van der Waals surface area contributed by atoms with Crippen LogP contribution >= 0.6 is 0 Å². The number of halogens is 2. The molecule has 1 aromatic carbocycles. The Balaban J connectivity index is 1.83. The first kappa shape index (κ1) is 15.8.